The first kappa shape index (κ1) is 16.0. The van der Waals surface area contributed by atoms with Gasteiger partial charge in [-0.05, 0) is 73.3 Å². The van der Waals surface area contributed by atoms with Gasteiger partial charge in [-0.2, -0.15) is 0 Å². The lowest BCUT2D eigenvalue weighted by Crippen LogP contribution is -2.23. The van der Waals surface area contributed by atoms with E-state index in [0.717, 1.165) is 34.7 Å². The van der Waals surface area contributed by atoms with E-state index in [4.69, 9.17) is 11.6 Å². The summed E-state index contributed by atoms with van der Waals surface area (Å²) in [6, 6.07) is 11.3. The van der Waals surface area contributed by atoms with Gasteiger partial charge in [0.25, 0.3) is 0 Å². The molecule has 0 aromatic heterocycles. The predicted molar refractivity (Wildman–Crippen MR) is 87.4 cm³/mol. The summed E-state index contributed by atoms with van der Waals surface area (Å²) in [7, 11) is 0. The molecule has 0 amide bonds. The number of hydrogen-bond donors (Lipinski definition) is 1. The molecule has 21 heavy (non-hydrogen) atoms. The van der Waals surface area contributed by atoms with Crippen LogP contribution >= 0.6 is 11.6 Å². The normalized spacial score (nSPS) is 12.4. The average Bonchev–Trinajstić information content (AvgIpc) is 2.40. The van der Waals surface area contributed by atoms with E-state index in [-0.39, 0.29) is 11.9 Å². The Morgan fingerprint density at radius 1 is 1.14 bits per heavy atom. The monoisotopic (exact) mass is 305 g/mol. The molecule has 0 saturated heterocycles. The SMILES string of the molecule is CCNC(Cc1ccc(F)cc1C)c1cc(C)cc(Cl)c1. The minimum Gasteiger partial charge on any atom is -0.310 e. The minimum absolute atomic E-state index is 0.177. The Morgan fingerprint density at radius 2 is 1.90 bits per heavy atom. The van der Waals surface area contributed by atoms with E-state index in [2.05, 4.69) is 18.3 Å². The predicted octanol–water partition coefficient (Wildman–Crippen LogP) is 4.99. The minimum atomic E-state index is -0.185. The Balaban J connectivity index is 2.30. The van der Waals surface area contributed by atoms with E-state index in [0.29, 0.717) is 0 Å². The van der Waals surface area contributed by atoms with Crippen molar-refractivity contribution in [1.82, 2.24) is 5.32 Å². The second-order valence-electron chi connectivity index (χ2n) is 5.45. The summed E-state index contributed by atoms with van der Waals surface area (Å²) in [5.41, 5.74) is 4.46. The zero-order chi connectivity index (χ0) is 15.4. The van der Waals surface area contributed by atoms with Crippen molar-refractivity contribution >= 4 is 11.6 Å². The highest BCUT2D eigenvalue weighted by molar-refractivity contribution is 6.30. The molecule has 2 aromatic carbocycles. The van der Waals surface area contributed by atoms with Crippen molar-refractivity contribution in [2.24, 2.45) is 0 Å². The van der Waals surface area contributed by atoms with Crippen LogP contribution in [-0.2, 0) is 6.42 Å². The highest BCUT2D eigenvalue weighted by Gasteiger charge is 2.14. The molecule has 3 heteroatoms. The number of aryl methyl sites for hydroxylation is 2. The van der Waals surface area contributed by atoms with Crippen LogP contribution in [0.25, 0.3) is 0 Å². The van der Waals surface area contributed by atoms with Gasteiger partial charge in [0.1, 0.15) is 5.82 Å². The summed E-state index contributed by atoms with van der Waals surface area (Å²) in [6.45, 7) is 6.95. The van der Waals surface area contributed by atoms with Crippen LogP contribution in [0.3, 0.4) is 0 Å². The van der Waals surface area contributed by atoms with Gasteiger partial charge >= 0.3 is 0 Å². The first-order valence-corrected chi connectivity index (χ1v) is 7.63. The molecule has 1 atom stereocenters. The van der Waals surface area contributed by atoms with Crippen molar-refractivity contribution in [3.05, 3.63) is 69.5 Å². The fourth-order valence-corrected chi connectivity index (χ4v) is 2.93. The van der Waals surface area contributed by atoms with Gasteiger partial charge in [-0.3, -0.25) is 0 Å². The summed E-state index contributed by atoms with van der Waals surface area (Å²) in [4.78, 5) is 0. The lowest BCUT2D eigenvalue weighted by molar-refractivity contribution is 0.547. The highest BCUT2D eigenvalue weighted by atomic mass is 35.5. The fourth-order valence-electron chi connectivity index (χ4n) is 2.63. The first-order chi connectivity index (χ1) is 9.99. The van der Waals surface area contributed by atoms with E-state index in [1.165, 1.54) is 11.6 Å². The maximum absolute atomic E-state index is 13.2. The molecule has 1 nitrogen and oxygen atoms in total. The Kier molecular flexibility index (Phi) is 5.38. The van der Waals surface area contributed by atoms with Crippen LogP contribution in [0, 0.1) is 19.7 Å². The summed E-state index contributed by atoms with van der Waals surface area (Å²) in [6.07, 6.45) is 0.819. The van der Waals surface area contributed by atoms with E-state index in [9.17, 15) is 4.39 Å². The van der Waals surface area contributed by atoms with Crippen LogP contribution in [0.2, 0.25) is 5.02 Å². The van der Waals surface area contributed by atoms with Gasteiger partial charge in [-0.15, -0.1) is 0 Å². The van der Waals surface area contributed by atoms with Crippen LogP contribution in [-0.4, -0.2) is 6.54 Å². The van der Waals surface area contributed by atoms with Crippen LogP contribution in [0.1, 0.15) is 35.2 Å². The largest absolute Gasteiger partial charge is 0.310 e. The molecule has 0 aliphatic rings. The second kappa shape index (κ2) is 7.06. The van der Waals surface area contributed by atoms with Gasteiger partial charge in [-0.25, -0.2) is 4.39 Å². The average molecular weight is 306 g/mol. The first-order valence-electron chi connectivity index (χ1n) is 7.25. The number of halogens is 2. The second-order valence-corrected chi connectivity index (χ2v) is 5.88. The van der Waals surface area contributed by atoms with Crippen LogP contribution < -0.4 is 5.32 Å². The third-order valence-corrected chi connectivity index (χ3v) is 3.86. The van der Waals surface area contributed by atoms with Crippen LogP contribution in [0.15, 0.2) is 36.4 Å². The van der Waals surface area contributed by atoms with Gasteiger partial charge in [-0.1, -0.05) is 30.7 Å². The topological polar surface area (TPSA) is 12.0 Å². The molecule has 2 rings (SSSR count). The molecule has 1 N–H and O–H groups in total. The van der Waals surface area contributed by atoms with Crippen molar-refractivity contribution in [2.45, 2.75) is 33.2 Å². The molecule has 0 spiro atoms. The molecule has 0 saturated carbocycles. The van der Waals surface area contributed by atoms with Crippen molar-refractivity contribution < 1.29 is 4.39 Å². The van der Waals surface area contributed by atoms with Crippen molar-refractivity contribution in [2.75, 3.05) is 6.54 Å². The summed E-state index contributed by atoms with van der Waals surface area (Å²) >= 11 is 6.17. The number of hydrogen-bond acceptors (Lipinski definition) is 1. The smallest absolute Gasteiger partial charge is 0.123 e. The molecule has 0 heterocycles. The zero-order valence-corrected chi connectivity index (χ0v) is 13.5. The lowest BCUT2D eigenvalue weighted by atomic mass is 9.95. The van der Waals surface area contributed by atoms with E-state index < -0.39 is 0 Å². The third-order valence-electron chi connectivity index (χ3n) is 3.65. The maximum Gasteiger partial charge on any atom is 0.123 e. The summed E-state index contributed by atoms with van der Waals surface area (Å²) in [5.74, 6) is -0.185. The molecule has 0 fully saturated rings. The molecule has 0 aliphatic heterocycles. The highest BCUT2D eigenvalue weighted by Crippen LogP contribution is 2.25. The van der Waals surface area contributed by atoms with Gasteiger partial charge in [0.15, 0.2) is 0 Å². The van der Waals surface area contributed by atoms with Crippen molar-refractivity contribution in [3.63, 3.8) is 0 Å². The van der Waals surface area contributed by atoms with Gasteiger partial charge in [0, 0.05) is 11.1 Å². The molecule has 0 aliphatic carbocycles. The number of rotatable bonds is 5. The number of nitrogens with one attached hydrogen (secondary N) is 1. The third kappa shape index (κ3) is 4.29. The van der Waals surface area contributed by atoms with Crippen LogP contribution in [0.5, 0.6) is 0 Å². The molecule has 1 unspecified atom stereocenters. The number of likely N-dealkylation sites (N-methyl/N-ethyl adjacent to an activating group) is 1. The molecular formula is C18H21ClFN. The Morgan fingerprint density at radius 3 is 2.52 bits per heavy atom. The Hall–Kier alpha value is -1.38. The van der Waals surface area contributed by atoms with E-state index >= 15 is 0 Å². The van der Waals surface area contributed by atoms with Crippen molar-refractivity contribution in [3.8, 4) is 0 Å². The quantitative estimate of drug-likeness (QED) is 0.820. The summed E-state index contributed by atoms with van der Waals surface area (Å²) in [5, 5.41) is 4.24. The van der Waals surface area contributed by atoms with Crippen molar-refractivity contribution in [1.29, 1.82) is 0 Å². The standard InChI is InChI=1S/C18H21ClFN/c1-4-21-18(15-7-12(2)8-16(19)10-15)11-14-5-6-17(20)9-13(14)3/h5-10,18,21H,4,11H2,1-3H3. The van der Waals surface area contributed by atoms with E-state index in [1.807, 2.05) is 32.0 Å². The summed E-state index contributed by atoms with van der Waals surface area (Å²) < 4.78 is 13.2. The molecular weight excluding hydrogens is 285 g/mol. The molecule has 2 aromatic rings. The van der Waals surface area contributed by atoms with Gasteiger partial charge in [0.2, 0.25) is 0 Å². The molecule has 0 bridgehead atoms. The van der Waals surface area contributed by atoms with Crippen LogP contribution in [0.4, 0.5) is 4.39 Å². The Labute approximate surface area is 131 Å². The zero-order valence-electron chi connectivity index (χ0n) is 12.7. The molecule has 0 radical (unpaired) electrons. The fraction of sp³-hybridized carbons (Fsp3) is 0.333. The number of benzene rings is 2. The lowest BCUT2D eigenvalue weighted by Gasteiger charge is -2.20. The molecule has 112 valence electrons. The maximum atomic E-state index is 13.2. The van der Waals surface area contributed by atoms with Gasteiger partial charge in [0.05, 0.1) is 0 Å². The Bertz CT molecular complexity index is 604. The van der Waals surface area contributed by atoms with Gasteiger partial charge < -0.3 is 5.32 Å². The van der Waals surface area contributed by atoms with E-state index in [1.54, 1.807) is 6.07 Å².